The molecular formula is C20H17NO3. The largest absolute Gasteiger partial charge is 0.463 e. The van der Waals surface area contributed by atoms with Crippen molar-refractivity contribution < 1.29 is 9.21 Å². The summed E-state index contributed by atoms with van der Waals surface area (Å²) in [5.74, 6) is -0.288. The highest BCUT2D eigenvalue weighted by molar-refractivity contribution is 6.02. The minimum atomic E-state index is -0.288. The van der Waals surface area contributed by atoms with Gasteiger partial charge in [0.15, 0.2) is 5.43 Å². The van der Waals surface area contributed by atoms with Crippen molar-refractivity contribution in [1.82, 2.24) is 0 Å². The first-order chi connectivity index (χ1) is 11.7. The summed E-state index contributed by atoms with van der Waals surface area (Å²) < 4.78 is 5.43. The smallest absolute Gasteiger partial charge is 0.248 e. The monoisotopic (exact) mass is 319 g/mol. The maximum absolute atomic E-state index is 12.4. The summed E-state index contributed by atoms with van der Waals surface area (Å²) in [6, 6.07) is 14.7. The number of nitrogens with one attached hydrogen (secondary N) is 1. The van der Waals surface area contributed by atoms with Crippen LogP contribution in [0.3, 0.4) is 0 Å². The SMILES string of the molecule is CCc1ccccc1NC(=O)/C=C/c1coc2ccccc2c1=O. The lowest BCUT2D eigenvalue weighted by molar-refractivity contribution is -0.111. The Labute approximate surface area is 139 Å². The molecule has 1 amide bonds. The predicted octanol–water partition coefficient (Wildman–Crippen LogP) is 4.01. The van der Waals surface area contributed by atoms with Gasteiger partial charge in [-0.15, -0.1) is 0 Å². The second-order valence-electron chi connectivity index (χ2n) is 5.35. The molecule has 0 aliphatic heterocycles. The Bertz CT molecular complexity index is 970. The van der Waals surface area contributed by atoms with Crippen molar-refractivity contribution >= 4 is 28.6 Å². The zero-order valence-electron chi connectivity index (χ0n) is 13.3. The van der Waals surface area contributed by atoms with E-state index < -0.39 is 0 Å². The number of hydrogen-bond donors (Lipinski definition) is 1. The van der Waals surface area contributed by atoms with E-state index in [1.165, 1.54) is 18.4 Å². The Balaban J connectivity index is 1.82. The molecule has 1 N–H and O–H groups in total. The Hall–Kier alpha value is -3.14. The molecule has 3 aromatic rings. The fraction of sp³-hybridized carbons (Fsp3) is 0.100. The van der Waals surface area contributed by atoms with Crippen molar-refractivity contribution in [2.24, 2.45) is 0 Å². The minimum absolute atomic E-state index is 0.158. The van der Waals surface area contributed by atoms with E-state index in [0.29, 0.717) is 16.5 Å². The van der Waals surface area contributed by atoms with Gasteiger partial charge in [0.25, 0.3) is 0 Å². The molecule has 120 valence electrons. The van der Waals surface area contributed by atoms with Gasteiger partial charge in [0, 0.05) is 11.8 Å². The number of carbonyl (C=O) groups is 1. The van der Waals surface area contributed by atoms with Crippen LogP contribution in [0.5, 0.6) is 0 Å². The summed E-state index contributed by atoms with van der Waals surface area (Å²) in [6.45, 7) is 2.03. The second-order valence-corrected chi connectivity index (χ2v) is 5.35. The van der Waals surface area contributed by atoms with Crippen LogP contribution in [0.2, 0.25) is 0 Å². The molecular weight excluding hydrogens is 302 g/mol. The molecule has 4 nitrogen and oxygen atoms in total. The number of hydrogen-bond acceptors (Lipinski definition) is 3. The molecule has 0 unspecified atom stereocenters. The molecule has 0 saturated heterocycles. The van der Waals surface area contributed by atoms with Crippen LogP contribution < -0.4 is 10.7 Å². The highest BCUT2D eigenvalue weighted by Gasteiger charge is 2.05. The van der Waals surface area contributed by atoms with Gasteiger partial charge in [0.2, 0.25) is 5.91 Å². The van der Waals surface area contributed by atoms with Gasteiger partial charge in [-0.1, -0.05) is 37.3 Å². The van der Waals surface area contributed by atoms with Crippen LogP contribution in [0.25, 0.3) is 17.0 Å². The van der Waals surface area contributed by atoms with Crippen LogP contribution >= 0.6 is 0 Å². The van der Waals surface area contributed by atoms with Crippen LogP contribution in [-0.4, -0.2) is 5.91 Å². The molecule has 1 aromatic heterocycles. The Morgan fingerprint density at radius 1 is 1.12 bits per heavy atom. The molecule has 0 aliphatic carbocycles. The summed E-state index contributed by atoms with van der Waals surface area (Å²) in [6.07, 6.45) is 5.01. The van der Waals surface area contributed by atoms with E-state index >= 15 is 0 Å². The molecule has 0 saturated carbocycles. The molecule has 0 spiro atoms. The standard InChI is InChI=1S/C20H17NO3/c1-2-14-7-3-5-9-17(14)21-19(22)12-11-15-13-24-18-10-6-4-8-16(18)20(15)23/h3-13H,2H2,1H3,(H,21,22)/b12-11+. The van der Waals surface area contributed by atoms with E-state index in [4.69, 9.17) is 4.42 Å². The summed E-state index contributed by atoms with van der Waals surface area (Å²) in [7, 11) is 0. The Morgan fingerprint density at radius 3 is 2.71 bits per heavy atom. The molecule has 0 radical (unpaired) electrons. The number of carbonyl (C=O) groups excluding carboxylic acids is 1. The zero-order chi connectivity index (χ0) is 16.9. The van der Waals surface area contributed by atoms with Gasteiger partial charge in [0.05, 0.1) is 10.9 Å². The van der Waals surface area contributed by atoms with E-state index in [1.807, 2.05) is 31.2 Å². The summed E-state index contributed by atoms with van der Waals surface area (Å²) in [5.41, 5.74) is 2.55. The lowest BCUT2D eigenvalue weighted by Gasteiger charge is -2.07. The summed E-state index contributed by atoms with van der Waals surface area (Å²) in [4.78, 5) is 24.5. The average molecular weight is 319 g/mol. The van der Waals surface area contributed by atoms with Gasteiger partial charge in [-0.25, -0.2) is 0 Å². The maximum atomic E-state index is 12.4. The Morgan fingerprint density at radius 2 is 1.88 bits per heavy atom. The average Bonchev–Trinajstić information content (AvgIpc) is 2.62. The number of aryl methyl sites for hydroxylation is 1. The van der Waals surface area contributed by atoms with Crippen molar-refractivity contribution in [3.63, 3.8) is 0 Å². The lowest BCUT2D eigenvalue weighted by Crippen LogP contribution is -2.10. The third-order valence-corrected chi connectivity index (χ3v) is 3.78. The molecule has 0 atom stereocenters. The number of para-hydroxylation sites is 2. The fourth-order valence-electron chi connectivity index (χ4n) is 2.50. The van der Waals surface area contributed by atoms with E-state index in [-0.39, 0.29) is 11.3 Å². The van der Waals surface area contributed by atoms with Gasteiger partial charge < -0.3 is 9.73 Å². The predicted molar refractivity (Wildman–Crippen MR) is 96.0 cm³/mol. The van der Waals surface area contributed by atoms with Crippen molar-refractivity contribution in [2.45, 2.75) is 13.3 Å². The zero-order valence-corrected chi connectivity index (χ0v) is 13.3. The molecule has 24 heavy (non-hydrogen) atoms. The van der Waals surface area contributed by atoms with Crippen LogP contribution in [-0.2, 0) is 11.2 Å². The summed E-state index contributed by atoms with van der Waals surface area (Å²) in [5, 5.41) is 3.33. The van der Waals surface area contributed by atoms with Crippen molar-refractivity contribution in [3.8, 4) is 0 Å². The number of benzene rings is 2. The first-order valence-corrected chi connectivity index (χ1v) is 7.76. The summed E-state index contributed by atoms with van der Waals surface area (Å²) >= 11 is 0. The second kappa shape index (κ2) is 6.96. The van der Waals surface area contributed by atoms with E-state index in [1.54, 1.807) is 24.3 Å². The fourth-order valence-corrected chi connectivity index (χ4v) is 2.50. The van der Waals surface area contributed by atoms with Crippen molar-refractivity contribution in [1.29, 1.82) is 0 Å². The highest BCUT2D eigenvalue weighted by Crippen LogP contribution is 2.15. The third-order valence-electron chi connectivity index (χ3n) is 3.78. The maximum Gasteiger partial charge on any atom is 0.248 e. The first kappa shape index (κ1) is 15.7. The van der Waals surface area contributed by atoms with Crippen LogP contribution in [0, 0.1) is 0 Å². The van der Waals surface area contributed by atoms with Gasteiger partial charge in [-0.3, -0.25) is 9.59 Å². The van der Waals surface area contributed by atoms with Crippen LogP contribution in [0.4, 0.5) is 5.69 Å². The molecule has 3 rings (SSSR count). The van der Waals surface area contributed by atoms with Gasteiger partial charge >= 0.3 is 0 Å². The quantitative estimate of drug-likeness (QED) is 0.739. The van der Waals surface area contributed by atoms with Crippen molar-refractivity contribution in [3.05, 3.63) is 82.2 Å². The molecule has 2 aromatic carbocycles. The van der Waals surface area contributed by atoms with Gasteiger partial charge in [-0.2, -0.15) is 0 Å². The normalized spacial score (nSPS) is 11.0. The minimum Gasteiger partial charge on any atom is -0.463 e. The molecule has 0 bridgehead atoms. The molecule has 4 heteroatoms. The molecule has 0 fully saturated rings. The molecule has 0 aliphatic rings. The number of rotatable bonds is 4. The van der Waals surface area contributed by atoms with E-state index in [2.05, 4.69) is 5.32 Å². The lowest BCUT2D eigenvalue weighted by atomic mass is 10.1. The van der Waals surface area contributed by atoms with E-state index in [0.717, 1.165) is 17.7 Å². The van der Waals surface area contributed by atoms with Gasteiger partial charge in [-0.05, 0) is 36.3 Å². The Kier molecular flexibility index (Phi) is 4.57. The number of fused-ring (bicyclic) bond motifs is 1. The van der Waals surface area contributed by atoms with Crippen molar-refractivity contribution in [2.75, 3.05) is 5.32 Å². The number of amides is 1. The highest BCUT2D eigenvalue weighted by atomic mass is 16.3. The first-order valence-electron chi connectivity index (χ1n) is 7.76. The molecule has 1 heterocycles. The van der Waals surface area contributed by atoms with E-state index in [9.17, 15) is 9.59 Å². The van der Waals surface area contributed by atoms with Crippen LogP contribution in [0.15, 0.2) is 70.1 Å². The third kappa shape index (κ3) is 3.27. The number of anilines is 1. The topological polar surface area (TPSA) is 59.3 Å². The van der Waals surface area contributed by atoms with Gasteiger partial charge in [0.1, 0.15) is 11.8 Å². The van der Waals surface area contributed by atoms with Crippen LogP contribution in [0.1, 0.15) is 18.1 Å².